The van der Waals surface area contributed by atoms with Gasteiger partial charge in [-0.25, -0.2) is 9.37 Å². The molecular weight excluding hydrogens is 434 g/mol. The van der Waals surface area contributed by atoms with Gasteiger partial charge in [0.15, 0.2) is 0 Å². The van der Waals surface area contributed by atoms with Gasteiger partial charge in [0.2, 0.25) is 0 Å². The predicted molar refractivity (Wildman–Crippen MR) is 129 cm³/mol. The lowest BCUT2D eigenvalue weighted by Gasteiger charge is -2.32. The van der Waals surface area contributed by atoms with Crippen LogP contribution >= 0.6 is 0 Å². The van der Waals surface area contributed by atoms with Crippen LogP contribution in [0.2, 0.25) is 0 Å². The molecule has 2 aliphatic carbocycles. The van der Waals surface area contributed by atoms with Gasteiger partial charge >= 0.3 is 13.1 Å². The van der Waals surface area contributed by atoms with Crippen LogP contribution in [0.1, 0.15) is 81.2 Å². The number of pyridine rings is 1. The second-order valence-electron chi connectivity index (χ2n) is 10.6. The van der Waals surface area contributed by atoms with Crippen molar-refractivity contribution in [3.8, 4) is 0 Å². The van der Waals surface area contributed by atoms with Crippen LogP contribution in [0.4, 0.5) is 10.2 Å². The number of nitrogens with one attached hydrogen (secondary N) is 1. The van der Waals surface area contributed by atoms with Crippen LogP contribution in [-0.2, 0) is 31.7 Å². The zero-order valence-electron chi connectivity index (χ0n) is 20.5. The summed E-state index contributed by atoms with van der Waals surface area (Å²) in [4.78, 5) is 16.3. The Hall–Kier alpha value is -2.45. The van der Waals surface area contributed by atoms with Crippen molar-refractivity contribution in [3.05, 3.63) is 52.5 Å². The molecule has 0 amide bonds. The monoisotopic (exact) mass is 466 g/mol. The van der Waals surface area contributed by atoms with Crippen LogP contribution in [0.5, 0.6) is 0 Å². The van der Waals surface area contributed by atoms with E-state index in [4.69, 9.17) is 14.0 Å². The van der Waals surface area contributed by atoms with Crippen molar-refractivity contribution in [1.29, 1.82) is 0 Å². The van der Waals surface area contributed by atoms with Crippen molar-refractivity contribution in [2.45, 2.75) is 83.0 Å². The van der Waals surface area contributed by atoms with Gasteiger partial charge in [0.05, 0.1) is 30.8 Å². The van der Waals surface area contributed by atoms with E-state index in [-0.39, 0.29) is 23.7 Å². The third-order valence-corrected chi connectivity index (χ3v) is 8.07. The van der Waals surface area contributed by atoms with E-state index >= 15 is 4.39 Å². The van der Waals surface area contributed by atoms with Crippen LogP contribution < -0.4 is 10.8 Å². The molecule has 1 saturated heterocycles. The van der Waals surface area contributed by atoms with E-state index < -0.39 is 18.3 Å². The summed E-state index contributed by atoms with van der Waals surface area (Å²) in [7, 11) is 0.906. The van der Waals surface area contributed by atoms with Crippen molar-refractivity contribution < 1.29 is 23.2 Å². The average Bonchev–Trinajstić information content (AvgIpc) is 3.43. The summed E-state index contributed by atoms with van der Waals surface area (Å²) in [5, 5.41) is 3.46. The van der Waals surface area contributed by atoms with Crippen molar-refractivity contribution in [2.24, 2.45) is 0 Å². The number of anilines is 1. The minimum absolute atomic E-state index is 0.149. The predicted octanol–water partition coefficient (Wildman–Crippen LogP) is 4.21. The van der Waals surface area contributed by atoms with Crippen LogP contribution in [0, 0.1) is 5.82 Å². The molecule has 0 saturated carbocycles. The number of nitrogens with zero attached hydrogens (tertiary/aromatic N) is 1. The molecule has 6 nitrogen and oxygen atoms in total. The zero-order chi connectivity index (χ0) is 24.3. The molecule has 8 heteroatoms. The number of hydrogen-bond acceptors (Lipinski definition) is 6. The molecule has 1 aromatic heterocycles. The lowest BCUT2D eigenvalue weighted by Crippen LogP contribution is -2.41. The summed E-state index contributed by atoms with van der Waals surface area (Å²) in [5.74, 6) is 0.465. The third kappa shape index (κ3) is 3.91. The third-order valence-electron chi connectivity index (χ3n) is 8.07. The number of halogens is 1. The molecule has 180 valence electrons. The lowest BCUT2D eigenvalue weighted by atomic mass is 9.75. The SMILES string of the molecule is COC(=O)CC1CCc2cc(N[C@@H]3CCc4c(B5OC(C)(C)C(C)(C)O5)ccc(F)c43)ncc21. The Morgan fingerprint density at radius 2 is 1.94 bits per heavy atom. The molecule has 0 bridgehead atoms. The van der Waals surface area contributed by atoms with Crippen LogP contribution in [0.25, 0.3) is 0 Å². The Labute approximate surface area is 200 Å². The second-order valence-corrected chi connectivity index (χ2v) is 10.6. The standard InChI is InChI=1S/C26H32BFN2O4/c1-25(2)26(3,4)34-27(33-25)19-9-10-20(28)24-17(19)8-11-21(24)30-22-12-15-6-7-16(13-23(31)32-5)18(15)14-29-22/h9-10,12,14,16,21H,6-8,11,13H2,1-5H3,(H,29,30)/t16?,21-/m1/s1. The van der Waals surface area contributed by atoms with Gasteiger partial charge in [-0.3, -0.25) is 4.79 Å². The number of rotatable bonds is 5. The highest BCUT2D eigenvalue weighted by molar-refractivity contribution is 6.62. The maximum Gasteiger partial charge on any atom is 0.495 e. The lowest BCUT2D eigenvalue weighted by molar-refractivity contribution is -0.141. The number of ether oxygens (including phenoxy) is 1. The first-order valence-electron chi connectivity index (χ1n) is 12.1. The first-order chi connectivity index (χ1) is 16.1. The molecule has 1 fully saturated rings. The fraction of sp³-hybridized carbons (Fsp3) is 0.538. The molecule has 3 aliphatic rings. The summed E-state index contributed by atoms with van der Waals surface area (Å²) in [6.07, 6.45) is 5.55. The zero-order valence-corrected chi connectivity index (χ0v) is 20.5. The van der Waals surface area contributed by atoms with Gasteiger partial charge in [0.25, 0.3) is 0 Å². The molecule has 0 spiro atoms. The Balaban J connectivity index is 1.37. The molecule has 2 atom stereocenters. The second kappa shape index (κ2) is 8.34. The number of methoxy groups -OCH3 is 1. The minimum Gasteiger partial charge on any atom is -0.469 e. The van der Waals surface area contributed by atoms with Crippen LogP contribution in [0.15, 0.2) is 24.4 Å². The van der Waals surface area contributed by atoms with E-state index in [0.717, 1.165) is 48.1 Å². The summed E-state index contributed by atoms with van der Waals surface area (Å²) >= 11 is 0. The fourth-order valence-corrected chi connectivity index (χ4v) is 5.41. The van der Waals surface area contributed by atoms with Gasteiger partial charge in [-0.15, -0.1) is 0 Å². The molecule has 34 heavy (non-hydrogen) atoms. The number of aromatic nitrogens is 1. The molecule has 1 aliphatic heterocycles. The molecule has 2 heterocycles. The fourth-order valence-electron chi connectivity index (χ4n) is 5.41. The van der Waals surface area contributed by atoms with Crippen molar-refractivity contribution in [2.75, 3.05) is 12.4 Å². The highest BCUT2D eigenvalue weighted by Crippen LogP contribution is 2.41. The smallest absolute Gasteiger partial charge is 0.469 e. The normalized spacial score (nSPS) is 24.1. The Bertz CT molecular complexity index is 1120. The largest absolute Gasteiger partial charge is 0.495 e. The molecule has 0 radical (unpaired) electrons. The summed E-state index contributed by atoms with van der Waals surface area (Å²) in [5.41, 5.74) is 3.96. The number of hydrogen-bond donors (Lipinski definition) is 1. The summed E-state index contributed by atoms with van der Waals surface area (Å²) in [6.45, 7) is 8.10. The number of carbonyl (C=O) groups excluding carboxylic acids is 1. The Morgan fingerprint density at radius 3 is 2.65 bits per heavy atom. The van der Waals surface area contributed by atoms with Gasteiger partial charge in [0.1, 0.15) is 11.6 Å². The number of fused-ring (bicyclic) bond motifs is 2. The number of carbonyl (C=O) groups is 1. The first-order valence-corrected chi connectivity index (χ1v) is 12.1. The van der Waals surface area contributed by atoms with Gasteiger partial charge < -0.3 is 19.4 Å². The summed E-state index contributed by atoms with van der Waals surface area (Å²) in [6, 6.07) is 5.19. The molecule has 5 rings (SSSR count). The van der Waals surface area contributed by atoms with E-state index in [2.05, 4.69) is 10.3 Å². The maximum absolute atomic E-state index is 15.1. The Kier molecular flexibility index (Phi) is 5.72. The minimum atomic E-state index is -0.511. The first kappa shape index (κ1) is 23.3. The highest BCUT2D eigenvalue weighted by atomic mass is 19.1. The summed E-state index contributed by atoms with van der Waals surface area (Å²) < 4.78 is 32.4. The van der Waals surface area contributed by atoms with Gasteiger partial charge in [-0.05, 0) is 93.6 Å². The van der Waals surface area contributed by atoms with Gasteiger partial charge in [0, 0.05) is 11.8 Å². The maximum atomic E-state index is 15.1. The molecule has 1 N–H and O–H groups in total. The number of aryl methyl sites for hydroxylation is 1. The van der Waals surface area contributed by atoms with E-state index in [0.29, 0.717) is 12.0 Å². The van der Waals surface area contributed by atoms with E-state index in [1.807, 2.05) is 40.0 Å². The van der Waals surface area contributed by atoms with Crippen molar-refractivity contribution >= 4 is 24.4 Å². The Morgan fingerprint density at radius 1 is 1.21 bits per heavy atom. The highest BCUT2D eigenvalue weighted by Gasteiger charge is 2.52. The van der Waals surface area contributed by atoms with E-state index in [1.54, 1.807) is 6.07 Å². The van der Waals surface area contributed by atoms with Crippen molar-refractivity contribution in [1.82, 2.24) is 4.98 Å². The van der Waals surface area contributed by atoms with E-state index in [9.17, 15) is 4.79 Å². The van der Waals surface area contributed by atoms with Crippen LogP contribution in [0.3, 0.4) is 0 Å². The van der Waals surface area contributed by atoms with E-state index in [1.165, 1.54) is 18.7 Å². The average molecular weight is 466 g/mol. The van der Waals surface area contributed by atoms with Gasteiger partial charge in [-0.1, -0.05) is 6.07 Å². The quantitative estimate of drug-likeness (QED) is 0.526. The molecule has 1 unspecified atom stereocenters. The molecule has 1 aromatic carbocycles. The van der Waals surface area contributed by atoms with Gasteiger partial charge in [-0.2, -0.15) is 0 Å². The number of esters is 1. The molecular formula is C26H32BFN2O4. The molecule has 2 aromatic rings. The van der Waals surface area contributed by atoms with Crippen molar-refractivity contribution in [3.63, 3.8) is 0 Å². The number of benzene rings is 1. The topological polar surface area (TPSA) is 69.7 Å². The van der Waals surface area contributed by atoms with Crippen LogP contribution in [-0.4, -0.2) is 36.4 Å².